The molecule has 0 fully saturated rings. The van der Waals surface area contributed by atoms with Crippen molar-refractivity contribution in [3.8, 4) is 5.75 Å². The van der Waals surface area contributed by atoms with Crippen LogP contribution < -0.4 is 9.46 Å². The third-order valence-corrected chi connectivity index (χ3v) is 4.12. The molecule has 1 aromatic carbocycles. The lowest BCUT2D eigenvalue weighted by molar-refractivity contribution is 0.258. The molecule has 0 amide bonds. The average Bonchev–Trinajstić information content (AvgIpc) is 2.42. The normalized spacial score (nSPS) is 11.6. The molecule has 118 valence electrons. The SMILES string of the molecule is C=CCCCNS(=O)(=O)c1ccc(F)c(OCC(C)C)c1. The van der Waals surface area contributed by atoms with E-state index in [-0.39, 0.29) is 16.6 Å². The molecule has 0 unspecified atom stereocenters. The number of sulfonamides is 1. The number of allylic oxidation sites excluding steroid dienone is 1. The van der Waals surface area contributed by atoms with Crippen molar-refractivity contribution >= 4 is 10.0 Å². The van der Waals surface area contributed by atoms with Crippen molar-refractivity contribution < 1.29 is 17.5 Å². The second-order valence-electron chi connectivity index (χ2n) is 5.13. The molecule has 0 atom stereocenters. The highest BCUT2D eigenvalue weighted by Gasteiger charge is 2.16. The zero-order chi connectivity index (χ0) is 15.9. The number of benzene rings is 1. The summed E-state index contributed by atoms with van der Waals surface area (Å²) in [5, 5.41) is 0. The maximum Gasteiger partial charge on any atom is 0.240 e. The van der Waals surface area contributed by atoms with Crippen LogP contribution in [0.5, 0.6) is 5.75 Å². The van der Waals surface area contributed by atoms with Gasteiger partial charge in [0.25, 0.3) is 0 Å². The van der Waals surface area contributed by atoms with E-state index in [1.54, 1.807) is 6.08 Å². The molecular weight excluding hydrogens is 293 g/mol. The van der Waals surface area contributed by atoms with Crippen LogP contribution in [-0.2, 0) is 10.0 Å². The van der Waals surface area contributed by atoms with Crippen LogP contribution in [0.2, 0.25) is 0 Å². The van der Waals surface area contributed by atoms with Gasteiger partial charge in [0.05, 0.1) is 11.5 Å². The zero-order valence-electron chi connectivity index (χ0n) is 12.4. The molecule has 1 rings (SSSR count). The molecule has 0 saturated carbocycles. The highest BCUT2D eigenvalue weighted by atomic mass is 32.2. The van der Waals surface area contributed by atoms with Crippen molar-refractivity contribution in [2.24, 2.45) is 5.92 Å². The molecule has 0 spiro atoms. The van der Waals surface area contributed by atoms with Gasteiger partial charge in [-0.15, -0.1) is 6.58 Å². The summed E-state index contributed by atoms with van der Waals surface area (Å²) in [4.78, 5) is 0.00117. The third-order valence-electron chi connectivity index (χ3n) is 2.66. The summed E-state index contributed by atoms with van der Waals surface area (Å²) >= 11 is 0. The predicted molar refractivity (Wildman–Crippen MR) is 81.4 cm³/mol. The van der Waals surface area contributed by atoms with Crippen LogP contribution in [0.1, 0.15) is 26.7 Å². The summed E-state index contributed by atoms with van der Waals surface area (Å²) in [6.07, 6.45) is 3.12. The Balaban J connectivity index is 2.81. The van der Waals surface area contributed by atoms with E-state index in [1.165, 1.54) is 12.1 Å². The predicted octanol–water partition coefficient (Wildman–Crippen LogP) is 3.11. The van der Waals surface area contributed by atoms with Crippen LogP contribution in [0.4, 0.5) is 4.39 Å². The van der Waals surface area contributed by atoms with E-state index >= 15 is 0 Å². The maximum absolute atomic E-state index is 13.6. The lowest BCUT2D eigenvalue weighted by atomic mass is 10.2. The molecule has 0 aliphatic heterocycles. The van der Waals surface area contributed by atoms with Gasteiger partial charge in [-0.1, -0.05) is 19.9 Å². The van der Waals surface area contributed by atoms with Gasteiger partial charge in [-0.3, -0.25) is 0 Å². The quantitative estimate of drug-likeness (QED) is 0.563. The minimum Gasteiger partial charge on any atom is -0.490 e. The molecule has 0 heterocycles. The number of hydrogen-bond donors (Lipinski definition) is 1. The fourth-order valence-corrected chi connectivity index (χ4v) is 2.64. The molecule has 21 heavy (non-hydrogen) atoms. The molecule has 4 nitrogen and oxygen atoms in total. The Morgan fingerprint density at radius 2 is 2.14 bits per heavy atom. The number of nitrogens with one attached hydrogen (secondary N) is 1. The van der Waals surface area contributed by atoms with Crippen LogP contribution >= 0.6 is 0 Å². The van der Waals surface area contributed by atoms with Gasteiger partial charge in [0.1, 0.15) is 0 Å². The highest BCUT2D eigenvalue weighted by molar-refractivity contribution is 7.89. The summed E-state index contributed by atoms with van der Waals surface area (Å²) in [6, 6.07) is 3.55. The Kier molecular flexibility index (Phi) is 6.84. The number of unbranched alkanes of at least 4 members (excludes halogenated alkanes) is 1. The fourth-order valence-electron chi connectivity index (χ4n) is 1.55. The van der Waals surface area contributed by atoms with Crippen LogP contribution in [0.15, 0.2) is 35.7 Å². The van der Waals surface area contributed by atoms with Gasteiger partial charge in [0.2, 0.25) is 10.0 Å². The summed E-state index contributed by atoms with van der Waals surface area (Å²) in [5.41, 5.74) is 0. The van der Waals surface area contributed by atoms with Crippen molar-refractivity contribution in [2.75, 3.05) is 13.2 Å². The first kappa shape index (κ1) is 17.7. The standard InChI is InChI=1S/C15H22FNO3S/c1-4-5-6-9-17-21(18,19)13-7-8-14(16)15(10-13)20-11-12(2)3/h4,7-8,10,12,17H,1,5-6,9,11H2,2-3H3. The number of ether oxygens (including phenoxy) is 1. The van der Waals surface area contributed by atoms with E-state index in [0.29, 0.717) is 19.6 Å². The molecule has 0 bridgehead atoms. The molecule has 0 saturated heterocycles. The molecule has 1 N–H and O–H groups in total. The Morgan fingerprint density at radius 3 is 2.76 bits per heavy atom. The van der Waals surface area contributed by atoms with Crippen molar-refractivity contribution in [1.82, 2.24) is 4.72 Å². The maximum atomic E-state index is 13.6. The highest BCUT2D eigenvalue weighted by Crippen LogP contribution is 2.22. The zero-order valence-corrected chi connectivity index (χ0v) is 13.2. The minimum atomic E-state index is -3.65. The Hall–Kier alpha value is -1.40. The first-order chi connectivity index (χ1) is 9.86. The lowest BCUT2D eigenvalue weighted by Crippen LogP contribution is -2.24. The summed E-state index contributed by atoms with van der Waals surface area (Å²) in [7, 11) is -3.65. The number of hydrogen-bond acceptors (Lipinski definition) is 3. The molecule has 1 aromatic rings. The molecule has 0 radical (unpaired) electrons. The van der Waals surface area contributed by atoms with Gasteiger partial charge in [-0.2, -0.15) is 0 Å². The van der Waals surface area contributed by atoms with Crippen molar-refractivity contribution in [3.63, 3.8) is 0 Å². The van der Waals surface area contributed by atoms with E-state index in [0.717, 1.165) is 12.5 Å². The van der Waals surface area contributed by atoms with Crippen molar-refractivity contribution in [2.45, 2.75) is 31.6 Å². The smallest absolute Gasteiger partial charge is 0.240 e. The minimum absolute atomic E-state index is 0.00117. The largest absolute Gasteiger partial charge is 0.490 e. The second-order valence-corrected chi connectivity index (χ2v) is 6.89. The summed E-state index contributed by atoms with van der Waals surface area (Å²) < 4.78 is 45.5. The van der Waals surface area contributed by atoms with Gasteiger partial charge in [0.15, 0.2) is 11.6 Å². The summed E-state index contributed by atoms with van der Waals surface area (Å²) in [6.45, 7) is 8.07. The van der Waals surface area contributed by atoms with Crippen LogP contribution in [0.25, 0.3) is 0 Å². The Bertz CT molecular complexity index is 570. The lowest BCUT2D eigenvalue weighted by Gasteiger charge is -2.12. The van der Waals surface area contributed by atoms with Crippen LogP contribution in [0.3, 0.4) is 0 Å². The topological polar surface area (TPSA) is 55.4 Å². The van der Waals surface area contributed by atoms with Gasteiger partial charge in [-0.05, 0) is 30.9 Å². The Morgan fingerprint density at radius 1 is 1.43 bits per heavy atom. The molecule has 0 aromatic heterocycles. The molecule has 0 aliphatic carbocycles. The number of rotatable bonds is 9. The van der Waals surface area contributed by atoms with Gasteiger partial charge in [-0.25, -0.2) is 17.5 Å². The number of halogens is 1. The molecule has 0 aliphatic rings. The third kappa shape index (κ3) is 5.85. The first-order valence-corrected chi connectivity index (χ1v) is 8.38. The average molecular weight is 315 g/mol. The first-order valence-electron chi connectivity index (χ1n) is 6.89. The van der Waals surface area contributed by atoms with Gasteiger partial charge in [0, 0.05) is 12.6 Å². The van der Waals surface area contributed by atoms with E-state index in [4.69, 9.17) is 4.74 Å². The van der Waals surface area contributed by atoms with Crippen molar-refractivity contribution in [3.05, 3.63) is 36.7 Å². The monoisotopic (exact) mass is 315 g/mol. The van der Waals surface area contributed by atoms with Crippen LogP contribution in [-0.4, -0.2) is 21.6 Å². The van der Waals surface area contributed by atoms with Crippen LogP contribution in [0, 0.1) is 11.7 Å². The van der Waals surface area contributed by atoms with E-state index in [9.17, 15) is 12.8 Å². The van der Waals surface area contributed by atoms with E-state index in [1.807, 2.05) is 13.8 Å². The summed E-state index contributed by atoms with van der Waals surface area (Å²) in [5.74, 6) is -0.388. The Labute approximate surface area is 126 Å². The van der Waals surface area contributed by atoms with Crippen molar-refractivity contribution in [1.29, 1.82) is 0 Å². The van der Waals surface area contributed by atoms with E-state index in [2.05, 4.69) is 11.3 Å². The van der Waals surface area contributed by atoms with Gasteiger partial charge >= 0.3 is 0 Å². The fraction of sp³-hybridized carbons (Fsp3) is 0.467. The van der Waals surface area contributed by atoms with Gasteiger partial charge < -0.3 is 4.74 Å². The second kappa shape index (κ2) is 8.14. The molecule has 6 heteroatoms. The van der Waals surface area contributed by atoms with E-state index < -0.39 is 15.8 Å². The molecular formula is C15H22FNO3S.